The van der Waals surface area contributed by atoms with Crippen molar-refractivity contribution in [2.45, 2.75) is 0 Å². The third kappa shape index (κ3) is 2.14. The summed E-state index contributed by atoms with van der Waals surface area (Å²) in [6.07, 6.45) is 1.47. The second kappa shape index (κ2) is 4.58. The van der Waals surface area contributed by atoms with Crippen LogP contribution in [0.2, 0.25) is 15.1 Å². The van der Waals surface area contributed by atoms with Crippen LogP contribution in [-0.2, 0) is 0 Å². The molecule has 2 aromatic rings. The van der Waals surface area contributed by atoms with E-state index in [2.05, 4.69) is 4.98 Å². The van der Waals surface area contributed by atoms with E-state index in [9.17, 15) is 4.39 Å². The molecular weight excluding hydrogens is 271 g/mol. The fourth-order valence-electron chi connectivity index (χ4n) is 1.34. The lowest BCUT2D eigenvalue weighted by molar-refractivity contribution is 0.626. The molecule has 1 aromatic heterocycles. The molecule has 0 unspecified atom stereocenters. The van der Waals surface area contributed by atoms with Crippen LogP contribution in [0.3, 0.4) is 0 Å². The predicted molar refractivity (Wildman–Crippen MR) is 64.7 cm³/mol. The van der Waals surface area contributed by atoms with Crippen LogP contribution in [0, 0.1) is 5.82 Å². The topological polar surface area (TPSA) is 12.9 Å². The van der Waals surface area contributed by atoms with Crippen molar-refractivity contribution in [1.29, 1.82) is 0 Å². The Morgan fingerprint density at radius 1 is 1.06 bits per heavy atom. The van der Waals surface area contributed by atoms with Crippen molar-refractivity contribution < 1.29 is 4.39 Å². The Labute approximate surface area is 107 Å². The van der Waals surface area contributed by atoms with Crippen molar-refractivity contribution in [2.24, 2.45) is 0 Å². The zero-order valence-corrected chi connectivity index (χ0v) is 10.1. The Bertz CT molecular complexity index is 519. The van der Waals surface area contributed by atoms with Crippen LogP contribution in [0.1, 0.15) is 0 Å². The fourth-order valence-corrected chi connectivity index (χ4v) is 2.33. The third-order valence-electron chi connectivity index (χ3n) is 2.00. The monoisotopic (exact) mass is 275 g/mol. The standard InChI is InChI=1S/C11H5Cl3FN/c12-6-4-7(13)10(8(14)5-6)11-9(15)2-1-3-16-11/h1-5H. The molecule has 1 nitrogen and oxygen atoms in total. The Hall–Kier alpha value is -0.830. The molecule has 0 bridgehead atoms. The maximum absolute atomic E-state index is 13.5. The third-order valence-corrected chi connectivity index (χ3v) is 2.82. The Morgan fingerprint density at radius 3 is 2.25 bits per heavy atom. The lowest BCUT2D eigenvalue weighted by atomic mass is 10.1. The van der Waals surface area contributed by atoms with Crippen LogP contribution in [-0.4, -0.2) is 4.98 Å². The highest BCUT2D eigenvalue weighted by Gasteiger charge is 2.14. The van der Waals surface area contributed by atoms with Gasteiger partial charge < -0.3 is 0 Å². The van der Waals surface area contributed by atoms with Crippen molar-refractivity contribution >= 4 is 34.8 Å². The van der Waals surface area contributed by atoms with Gasteiger partial charge in [0.1, 0.15) is 11.5 Å². The van der Waals surface area contributed by atoms with Gasteiger partial charge in [0.15, 0.2) is 0 Å². The number of hydrogen-bond acceptors (Lipinski definition) is 1. The van der Waals surface area contributed by atoms with Gasteiger partial charge in [-0.05, 0) is 24.3 Å². The summed E-state index contributed by atoms with van der Waals surface area (Å²) in [5.41, 5.74) is 0.472. The smallest absolute Gasteiger partial charge is 0.149 e. The van der Waals surface area contributed by atoms with Crippen molar-refractivity contribution in [2.75, 3.05) is 0 Å². The molecule has 0 aliphatic heterocycles. The number of nitrogens with zero attached hydrogens (tertiary/aromatic N) is 1. The van der Waals surface area contributed by atoms with E-state index in [1.165, 1.54) is 30.5 Å². The van der Waals surface area contributed by atoms with Gasteiger partial charge in [-0.1, -0.05) is 34.8 Å². The highest BCUT2D eigenvalue weighted by molar-refractivity contribution is 6.41. The highest BCUT2D eigenvalue weighted by Crippen LogP contribution is 2.37. The molecule has 0 fully saturated rings. The van der Waals surface area contributed by atoms with Crippen molar-refractivity contribution in [3.05, 3.63) is 51.3 Å². The van der Waals surface area contributed by atoms with Gasteiger partial charge in [-0.25, -0.2) is 4.39 Å². The molecule has 0 radical (unpaired) electrons. The Morgan fingerprint density at radius 2 is 1.69 bits per heavy atom. The summed E-state index contributed by atoms with van der Waals surface area (Å²) in [6, 6.07) is 5.79. The molecule has 16 heavy (non-hydrogen) atoms. The maximum atomic E-state index is 13.5. The van der Waals surface area contributed by atoms with Gasteiger partial charge in [-0.15, -0.1) is 0 Å². The van der Waals surface area contributed by atoms with Crippen molar-refractivity contribution in [3.63, 3.8) is 0 Å². The van der Waals surface area contributed by atoms with E-state index in [0.29, 0.717) is 10.6 Å². The Kier molecular flexibility index (Phi) is 3.33. The summed E-state index contributed by atoms with van der Waals surface area (Å²) < 4.78 is 13.5. The summed E-state index contributed by atoms with van der Waals surface area (Å²) in [6.45, 7) is 0. The lowest BCUT2D eigenvalue weighted by Crippen LogP contribution is -1.90. The number of benzene rings is 1. The molecule has 5 heteroatoms. The van der Waals surface area contributed by atoms with Crippen LogP contribution >= 0.6 is 34.8 Å². The van der Waals surface area contributed by atoms with Gasteiger partial charge in [0.25, 0.3) is 0 Å². The summed E-state index contributed by atoms with van der Waals surface area (Å²) in [4.78, 5) is 3.91. The SMILES string of the molecule is Fc1cccnc1-c1c(Cl)cc(Cl)cc1Cl. The zero-order valence-electron chi connectivity index (χ0n) is 7.85. The number of rotatable bonds is 1. The van der Waals surface area contributed by atoms with E-state index in [-0.39, 0.29) is 15.7 Å². The molecule has 1 aromatic carbocycles. The normalized spacial score (nSPS) is 10.5. The minimum atomic E-state index is -0.478. The quantitative estimate of drug-likeness (QED) is 0.725. The number of halogens is 4. The number of pyridine rings is 1. The first kappa shape index (κ1) is 11.6. The molecule has 0 aliphatic rings. The minimum Gasteiger partial charge on any atom is -0.253 e. The van der Waals surface area contributed by atoms with Gasteiger partial charge in [-0.2, -0.15) is 0 Å². The second-order valence-electron chi connectivity index (χ2n) is 3.08. The lowest BCUT2D eigenvalue weighted by Gasteiger charge is -2.07. The number of hydrogen-bond donors (Lipinski definition) is 0. The molecule has 0 amide bonds. The van der Waals surface area contributed by atoms with Gasteiger partial charge in [0.2, 0.25) is 0 Å². The summed E-state index contributed by atoms with van der Waals surface area (Å²) in [7, 11) is 0. The van der Waals surface area contributed by atoms with Crippen LogP contribution in [0.5, 0.6) is 0 Å². The van der Waals surface area contributed by atoms with Gasteiger partial charge >= 0.3 is 0 Å². The first-order valence-corrected chi connectivity index (χ1v) is 5.48. The molecule has 0 aliphatic carbocycles. The first-order chi connectivity index (χ1) is 7.59. The van der Waals surface area contributed by atoms with Gasteiger partial charge in [0.05, 0.1) is 10.0 Å². The predicted octanol–water partition coefficient (Wildman–Crippen LogP) is 4.85. The van der Waals surface area contributed by atoms with Crippen LogP contribution in [0.25, 0.3) is 11.3 Å². The van der Waals surface area contributed by atoms with E-state index in [1.54, 1.807) is 0 Å². The fraction of sp³-hybridized carbons (Fsp3) is 0. The molecular formula is C11H5Cl3FN. The Balaban J connectivity index is 2.70. The minimum absolute atomic E-state index is 0.120. The molecule has 0 N–H and O–H groups in total. The molecule has 1 heterocycles. The molecule has 0 spiro atoms. The average molecular weight is 277 g/mol. The highest BCUT2D eigenvalue weighted by atomic mass is 35.5. The summed E-state index contributed by atoms with van der Waals surface area (Å²) in [5.74, 6) is -0.478. The van der Waals surface area contributed by atoms with E-state index in [1.807, 2.05) is 0 Å². The van der Waals surface area contributed by atoms with Crippen LogP contribution in [0.4, 0.5) is 4.39 Å². The first-order valence-electron chi connectivity index (χ1n) is 4.35. The van der Waals surface area contributed by atoms with Crippen molar-refractivity contribution in [3.8, 4) is 11.3 Å². The molecule has 82 valence electrons. The van der Waals surface area contributed by atoms with Crippen molar-refractivity contribution in [1.82, 2.24) is 4.98 Å². The molecule has 0 atom stereocenters. The second-order valence-corrected chi connectivity index (χ2v) is 4.33. The zero-order chi connectivity index (χ0) is 11.7. The van der Waals surface area contributed by atoms with E-state index < -0.39 is 5.82 Å². The van der Waals surface area contributed by atoms with Crippen LogP contribution < -0.4 is 0 Å². The largest absolute Gasteiger partial charge is 0.253 e. The van der Waals surface area contributed by atoms with Gasteiger partial charge in [-0.3, -0.25) is 4.98 Å². The molecule has 0 saturated heterocycles. The van der Waals surface area contributed by atoms with E-state index in [0.717, 1.165) is 0 Å². The van der Waals surface area contributed by atoms with E-state index >= 15 is 0 Å². The maximum Gasteiger partial charge on any atom is 0.149 e. The molecule has 2 rings (SSSR count). The number of aromatic nitrogens is 1. The summed E-state index contributed by atoms with van der Waals surface area (Å²) in [5, 5.41) is 0.945. The molecule has 0 saturated carbocycles. The van der Waals surface area contributed by atoms with Gasteiger partial charge in [0, 0.05) is 16.8 Å². The van der Waals surface area contributed by atoms with Crippen LogP contribution in [0.15, 0.2) is 30.5 Å². The summed E-state index contributed by atoms with van der Waals surface area (Å²) >= 11 is 17.7. The van der Waals surface area contributed by atoms with E-state index in [4.69, 9.17) is 34.8 Å². The average Bonchev–Trinajstić information content (AvgIpc) is 2.19.